The number of hydrogen-bond donors (Lipinski definition) is 0. The van der Waals surface area contributed by atoms with Crippen LogP contribution in [0.3, 0.4) is 0 Å². The van der Waals surface area contributed by atoms with Gasteiger partial charge in [0, 0.05) is 97.2 Å². The molecule has 18 aromatic rings. The second-order valence-electron chi connectivity index (χ2n) is 19.2. The van der Waals surface area contributed by atoms with Gasteiger partial charge in [-0.2, -0.15) is 0 Å². The molecule has 0 N–H and O–H groups in total. The Morgan fingerprint density at radius 1 is 0.250 bits per heavy atom. The van der Waals surface area contributed by atoms with Crippen LogP contribution in [0.25, 0.3) is 164 Å². The first-order valence-corrected chi connectivity index (χ1v) is 28.1. The topological polar surface area (TPSA) is 87.2 Å². The molecule has 0 amide bonds. The Morgan fingerprint density at radius 2 is 0.591 bits per heavy atom. The zero-order valence-electron chi connectivity index (χ0n) is 78.5. The minimum atomic E-state index is -0.975. The number of thiophene rings is 2. The van der Waals surface area contributed by atoms with Crippen molar-refractivity contribution in [1.82, 2.24) is 39.0 Å². The molecule has 0 aliphatic heterocycles. The highest BCUT2D eigenvalue weighted by Gasteiger charge is 2.21. The molecule has 12 aromatic carbocycles. The van der Waals surface area contributed by atoms with E-state index >= 15 is 0 Å². The summed E-state index contributed by atoms with van der Waals surface area (Å²) in [7, 11) is 0. The van der Waals surface area contributed by atoms with Crippen LogP contribution in [0.5, 0.6) is 0 Å². The second kappa shape index (κ2) is 21.3. The van der Waals surface area contributed by atoms with Crippen LogP contribution in [0.1, 0.15) is 46.6 Å². The molecule has 0 saturated carbocycles. The SMILES string of the molecule is [2H]c1c([2H])c([2H])c(-c2nc(-c3c([2H])c([2H])c([2H])c([2H])c3[2H])nc(-c3c([2H])c([2H])c(-n4c5c([2H])c([2H])c([2H])c([2H])c5c5c([2H])c([2H])c6c(sc7c([2H])c([2H])c([2H])c([2H])c76)c54)c([2H])c3[2H])n2)c([2H])c1[2H].[2H]c1c([2H])c([2H])c2c(sc3c2c([2H])c([2H])c2c4c([2H])c([2H])c([2H])c([2H])c4n(-c4ccc(-c5nc(-c6ccccc6)nc(-c6ccccc6)n5)cc4)c32)c1[2H]. The predicted molar refractivity (Wildman–Crippen MR) is 367 cm³/mol. The van der Waals surface area contributed by atoms with Crippen molar-refractivity contribution in [1.29, 1.82) is 0 Å². The van der Waals surface area contributed by atoms with Crippen molar-refractivity contribution in [2.75, 3.05) is 0 Å². The highest BCUT2D eigenvalue weighted by atomic mass is 32.1. The number of para-hydroxylation sites is 2. The van der Waals surface area contributed by atoms with Gasteiger partial charge in [-0.3, -0.25) is 0 Å². The van der Waals surface area contributed by atoms with E-state index in [1.54, 1.807) is 28.8 Å². The fourth-order valence-corrected chi connectivity index (χ4v) is 12.5. The van der Waals surface area contributed by atoms with Gasteiger partial charge in [0.05, 0.1) is 78.1 Å². The van der Waals surface area contributed by atoms with E-state index in [1.807, 2.05) is 60.7 Å². The minimum absolute atomic E-state index is 0.0648. The highest BCUT2D eigenvalue weighted by molar-refractivity contribution is 7.27. The highest BCUT2D eigenvalue weighted by Crippen LogP contribution is 2.45. The summed E-state index contributed by atoms with van der Waals surface area (Å²) in [6.07, 6.45) is 0. The third-order valence-electron chi connectivity index (χ3n) is 14.2. The fourth-order valence-electron chi connectivity index (χ4n) is 10.3. The first kappa shape index (κ1) is 27.4. The van der Waals surface area contributed by atoms with E-state index < -0.39 is 215 Å². The monoisotopic (exact) mass is 1190 g/mol. The summed E-state index contributed by atoms with van der Waals surface area (Å²) in [4.78, 5) is 27.1. The maximum atomic E-state index is 9.51. The average molecular weight is 1200 g/mol. The van der Waals surface area contributed by atoms with E-state index in [0.717, 1.165) is 38.4 Å². The summed E-state index contributed by atoms with van der Waals surface area (Å²) in [5, 5.41) is -0.570. The lowest BCUT2D eigenvalue weighted by Crippen LogP contribution is -2.00. The van der Waals surface area contributed by atoms with Crippen molar-refractivity contribution in [2.45, 2.75) is 0 Å². The van der Waals surface area contributed by atoms with Gasteiger partial charge in [0.15, 0.2) is 34.9 Å². The molecule has 6 heterocycles. The van der Waals surface area contributed by atoms with Gasteiger partial charge in [0.25, 0.3) is 0 Å². The molecule has 0 aliphatic rings. The number of benzene rings is 12. The molecule has 412 valence electrons. The first-order chi connectivity index (χ1) is 57.8. The zero-order valence-corrected chi connectivity index (χ0v) is 46.1. The Bertz CT molecular complexity index is 7580. The normalized spacial score (nSPS) is 17.0. The maximum Gasteiger partial charge on any atom is 0.164 e. The van der Waals surface area contributed by atoms with Gasteiger partial charge >= 0.3 is 0 Å². The van der Waals surface area contributed by atoms with Crippen molar-refractivity contribution in [3.8, 4) is 79.7 Å². The van der Waals surface area contributed by atoms with E-state index in [1.165, 1.54) is 0 Å². The minimum Gasteiger partial charge on any atom is -0.308 e. The first-order valence-electron chi connectivity index (χ1n) is 43.5. The standard InChI is InChI=1S/2C39H24N4S/c2*1-3-11-25(12-4-1)37-40-38(26-13-5-2-6-14-26)42-39(41-37)27-19-21-28(22-20-27)43-33-17-9-7-15-29(33)31-23-24-32-30-16-8-10-18-34(30)44-36(32)35(31)43/h2*1-24H/i1D,2D,3D,4D,5D,6D,7D,8D,9D,10D,11D,12D,13D,14D,15D,16D,17D,18D,19D,20D,21D,22D,23D,24D;7D,8D,9D,10D,15D,16D,17D,18D,23D,24D. The van der Waals surface area contributed by atoms with Crippen molar-refractivity contribution >= 4 is 107 Å². The molecule has 0 atom stereocenters. The van der Waals surface area contributed by atoms with Gasteiger partial charge < -0.3 is 9.13 Å². The van der Waals surface area contributed by atoms with Gasteiger partial charge in [-0.05, 0) is 72.6 Å². The average Bonchev–Trinajstić information content (AvgIpc) is 1.53. The Kier molecular flexibility index (Phi) is 6.64. The molecule has 8 nitrogen and oxygen atoms in total. The van der Waals surface area contributed by atoms with Gasteiger partial charge in [-0.25, -0.2) is 29.9 Å². The molecule has 0 radical (unpaired) electrons. The molecule has 0 unspecified atom stereocenters. The van der Waals surface area contributed by atoms with Crippen molar-refractivity contribution in [2.24, 2.45) is 0 Å². The number of fused-ring (bicyclic) bond motifs is 14. The molecule has 0 fully saturated rings. The summed E-state index contributed by atoms with van der Waals surface area (Å²) < 4.78 is 300. The van der Waals surface area contributed by atoms with Crippen LogP contribution in [-0.2, 0) is 0 Å². The maximum absolute atomic E-state index is 9.51. The molecule has 88 heavy (non-hydrogen) atoms. The Hall–Kier alpha value is -11.3. The summed E-state index contributed by atoms with van der Waals surface area (Å²) in [6, 6.07) is 3.57. The van der Waals surface area contributed by atoms with Gasteiger partial charge in [-0.1, -0.05) is 218 Å². The van der Waals surface area contributed by atoms with E-state index in [0.29, 0.717) is 38.9 Å². The zero-order chi connectivity index (χ0) is 87.7. The Labute approximate surface area is 561 Å². The Morgan fingerprint density at radius 3 is 1.03 bits per heavy atom. The van der Waals surface area contributed by atoms with Crippen LogP contribution in [0.15, 0.2) is 290 Å². The summed E-state index contributed by atoms with van der Waals surface area (Å²) in [6.45, 7) is 0. The molecule has 0 bridgehead atoms. The smallest absolute Gasteiger partial charge is 0.164 e. The molecular weight excluding hydrogens is 1110 g/mol. The number of hydrogen-bond acceptors (Lipinski definition) is 8. The lowest BCUT2D eigenvalue weighted by Gasteiger charge is -2.11. The lowest BCUT2D eigenvalue weighted by atomic mass is 10.1. The molecule has 0 spiro atoms. The molecular formula is C78H48N8S2. The Balaban J connectivity index is 0.000000178. The largest absolute Gasteiger partial charge is 0.308 e. The van der Waals surface area contributed by atoms with Gasteiger partial charge in [0.1, 0.15) is 0 Å². The van der Waals surface area contributed by atoms with Gasteiger partial charge in [0.2, 0.25) is 0 Å². The van der Waals surface area contributed by atoms with Crippen LogP contribution in [-0.4, -0.2) is 39.0 Å². The van der Waals surface area contributed by atoms with E-state index in [2.05, 4.69) is 15.0 Å². The fraction of sp³-hybridized carbons (Fsp3) is 0. The summed E-state index contributed by atoms with van der Waals surface area (Å²) in [5.41, 5.74) is -0.407. The van der Waals surface area contributed by atoms with Crippen LogP contribution >= 0.6 is 22.7 Å². The van der Waals surface area contributed by atoms with Gasteiger partial charge in [-0.15, -0.1) is 22.7 Å². The molecule has 0 aliphatic carbocycles. The number of rotatable bonds is 8. The van der Waals surface area contributed by atoms with Crippen LogP contribution in [0.4, 0.5) is 0 Å². The second-order valence-corrected chi connectivity index (χ2v) is 21.2. The van der Waals surface area contributed by atoms with Crippen LogP contribution < -0.4 is 0 Å². The number of nitrogens with zero attached hydrogens (tertiary/aromatic N) is 8. The molecule has 0 saturated heterocycles. The quantitative estimate of drug-likeness (QED) is 0.151. The molecule has 18 rings (SSSR count). The summed E-state index contributed by atoms with van der Waals surface area (Å²) in [5.74, 6) is -0.956. The van der Waals surface area contributed by atoms with Crippen LogP contribution in [0, 0.1) is 0 Å². The predicted octanol–water partition coefficient (Wildman–Crippen LogP) is 20.7. The van der Waals surface area contributed by atoms with Crippen molar-refractivity contribution < 1.29 is 46.6 Å². The number of aromatic nitrogens is 8. The van der Waals surface area contributed by atoms with Crippen molar-refractivity contribution in [3.63, 3.8) is 0 Å². The third kappa shape index (κ3) is 8.80. The van der Waals surface area contributed by atoms with E-state index in [4.69, 9.17) is 53.3 Å². The summed E-state index contributed by atoms with van der Waals surface area (Å²) >= 11 is 1.76. The third-order valence-corrected chi connectivity index (χ3v) is 16.4. The molecule has 10 heteroatoms. The molecule has 6 aromatic heterocycles. The van der Waals surface area contributed by atoms with E-state index in [9.17, 15) is 8.22 Å². The lowest BCUT2D eigenvalue weighted by molar-refractivity contribution is 1.07. The van der Waals surface area contributed by atoms with Crippen molar-refractivity contribution in [3.05, 3.63) is 290 Å². The van der Waals surface area contributed by atoms with E-state index in [-0.39, 0.29) is 104 Å². The van der Waals surface area contributed by atoms with Crippen LogP contribution in [0.2, 0.25) is 0 Å².